The second-order valence-corrected chi connectivity index (χ2v) is 7.91. The van der Waals surface area contributed by atoms with E-state index < -0.39 is 5.91 Å². The van der Waals surface area contributed by atoms with Crippen molar-refractivity contribution in [2.75, 3.05) is 19.8 Å². The minimum Gasteiger partial charge on any atom is -0.492 e. The van der Waals surface area contributed by atoms with E-state index >= 15 is 0 Å². The lowest BCUT2D eigenvalue weighted by molar-refractivity contribution is -0.122. The van der Waals surface area contributed by atoms with Crippen molar-refractivity contribution < 1.29 is 23.8 Å². The molecule has 0 radical (unpaired) electrons. The molecule has 3 aromatic rings. The fourth-order valence-corrected chi connectivity index (χ4v) is 3.27. The van der Waals surface area contributed by atoms with Gasteiger partial charge in [0.15, 0.2) is 0 Å². The number of hydrogen-bond donors (Lipinski definition) is 2. The highest BCUT2D eigenvalue weighted by atomic mass is 35.5. The third kappa shape index (κ3) is 8.50. The molecule has 178 valence electrons. The van der Waals surface area contributed by atoms with Crippen molar-refractivity contribution in [2.24, 2.45) is 0 Å². The summed E-state index contributed by atoms with van der Waals surface area (Å²) in [5.41, 5.74) is 5.16. The van der Waals surface area contributed by atoms with Crippen LogP contribution in [-0.2, 0) is 4.79 Å². The molecule has 3 rings (SSSR count). The Morgan fingerprint density at radius 2 is 1.41 bits per heavy atom. The van der Waals surface area contributed by atoms with Gasteiger partial charge in [-0.25, -0.2) is 0 Å². The molecule has 0 bridgehead atoms. The average molecular weight is 503 g/mol. The standard InChI is InChI=1S/C25H24Cl2N2O5/c26-19-10-13-23(22(27)17-19)34-14-4-7-24(30)28-29-25(31)18-8-11-21(12-9-18)33-16-15-32-20-5-2-1-3-6-20/h1-3,5-6,8-13,17H,4,7,14-16H2,(H,28,30)(H,29,31). The fourth-order valence-electron chi connectivity index (χ4n) is 2.81. The number of ether oxygens (including phenoxy) is 3. The Bertz CT molecular complexity index is 1080. The number of halogens is 2. The van der Waals surface area contributed by atoms with Crippen molar-refractivity contribution in [3.05, 3.63) is 88.4 Å². The van der Waals surface area contributed by atoms with Gasteiger partial charge in [-0.15, -0.1) is 0 Å². The largest absolute Gasteiger partial charge is 0.492 e. The Kier molecular flexibility index (Phi) is 9.88. The fraction of sp³-hybridized carbons (Fsp3) is 0.200. The monoisotopic (exact) mass is 502 g/mol. The number of para-hydroxylation sites is 1. The molecule has 0 heterocycles. The molecule has 7 nitrogen and oxygen atoms in total. The maximum Gasteiger partial charge on any atom is 0.269 e. The van der Waals surface area contributed by atoms with E-state index in [0.29, 0.717) is 53.3 Å². The van der Waals surface area contributed by atoms with Crippen LogP contribution >= 0.6 is 23.2 Å². The number of amides is 2. The zero-order chi connectivity index (χ0) is 24.2. The van der Waals surface area contributed by atoms with Crippen molar-refractivity contribution >= 4 is 35.0 Å². The smallest absolute Gasteiger partial charge is 0.269 e. The summed E-state index contributed by atoms with van der Waals surface area (Å²) in [4.78, 5) is 24.2. The number of benzene rings is 3. The van der Waals surface area contributed by atoms with Crippen LogP contribution in [0, 0.1) is 0 Å². The Labute approximate surface area is 207 Å². The van der Waals surface area contributed by atoms with Crippen LogP contribution in [-0.4, -0.2) is 31.6 Å². The molecule has 2 N–H and O–H groups in total. The quantitative estimate of drug-likeness (QED) is 0.282. The van der Waals surface area contributed by atoms with E-state index in [1.165, 1.54) is 0 Å². The molecule has 9 heteroatoms. The summed E-state index contributed by atoms with van der Waals surface area (Å²) >= 11 is 11.9. The summed E-state index contributed by atoms with van der Waals surface area (Å²) in [6.07, 6.45) is 0.615. The summed E-state index contributed by atoms with van der Waals surface area (Å²) in [6.45, 7) is 1.06. The lowest BCUT2D eigenvalue weighted by atomic mass is 10.2. The molecule has 0 atom stereocenters. The van der Waals surface area contributed by atoms with Gasteiger partial charge in [-0.3, -0.25) is 20.4 Å². The van der Waals surface area contributed by atoms with Gasteiger partial charge in [0.1, 0.15) is 30.5 Å². The Hall–Kier alpha value is -3.42. The maximum absolute atomic E-state index is 12.2. The van der Waals surface area contributed by atoms with Gasteiger partial charge in [0, 0.05) is 17.0 Å². The number of rotatable bonds is 11. The first-order chi connectivity index (χ1) is 16.5. The van der Waals surface area contributed by atoms with E-state index in [2.05, 4.69) is 10.9 Å². The van der Waals surface area contributed by atoms with E-state index in [9.17, 15) is 9.59 Å². The molecular weight excluding hydrogens is 479 g/mol. The van der Waals surface area contributed by atoms with Crippen LogP contribution in [0.15, 0.2) is 72.8 Å². The molecule has 2 amide bonds. The van der Waals surface area contributed by atoms with Crippen LogP contribution in [0.5, 0.6) is 17.2 Å². The summed E-state index contributed by atoms with van der Waals surface area (Å²) in [5.74, 6) is 1.11. The van der Waals surface area contributed by atoms with Crippen LogP contribution in [0.4, 0.5) is 0 Å². The molecule has 3 aromatic carbocycles. The van der Waals surface area contributed by atoms with Gasteiger partial charge in [-0.2, -0.15) is 0 Å². The molecule has 0 aliphatic heterocycles. The number of carbonyl (C=O) groups excluding carboxylic acids is 2. The highest BCUT2D eigenvalue weighted by Gasteiger charge is 2.08. The molecular formula is C25H24Cl2N2O5. The van der Waals surface area contributed by atoms with E-state index in [0.717, 1.165) is 5.75 Å². The molecule has 0 aliphatic rings. The maximum atomic E-state index is 12.2. The van der Waals surface area contributed by atoms with Crippen molar-refractivity contribution in [2.45, 2.75) is 12.8 Å². The Morgan fingerprint density at radius 3 is 2.09 bits per heavy atom. The Morgan fingerprint density at radius 1 is 0.735 bits per heavy atom. The minimum absolute atomic E-state index is 0.170. The number of carbonyl (C=O) groups is 2. The molecule has 0 fully saturated rings. The van der Waals surface area contributed by atoms with Crippen LogP contribution < -0.4 is 25.1 Å². The van der Waals surface area contributed by atoms with Crippen LogP contribution in [0.1, 0.15) is 23.2 Å². The van der Waals surface area contributed by atoms with Crippen molar-refractivity contribution in [3.8, 4) is 17.2 Å². The summed E-state index contributed by atoms with van der Waals surface area (Å²) in [6, 6.07) is 21.0. The first kappa shape index (κ1) is 25.2. The normalized spacial score (nSPS) is 10.3. The molecule has 0 saturated heterocycles. The number of hydrazine groups is 1. The first-order valence-electron chi connectivity index (χ1n) is 10.6. The molecule has 0 aromatic heterocycles. The Balaban J connectivity index is 1.30. The van der Waals surface area contributed by atoms with Gasteiger partial charge in [0.2, 0.25) is 5.91 Å². The minimum atomic E-state index is -0.434. The predicted octanol–water partition coefficient (Wildman–Crippen LogP) is 5.07. The number of nitrogens with one attached hydrogen (secondary N) is 2. The lowest BCUT2D eigenvalue weighted by Gasteiger charge is -2.10. The predicted molar refractivity (Wildman–Crippen MR) is 131 cm³/mol. The molecule has 0 aliphatic carbocycles. The molecule has 0 unspecified atom stereocenters. The summed E-state index contributed by atoms with van der Waals surface area (Å²) in [5, 5.41) is 0.921. The van der Waals surface area contributed by atoms with Gasteiger partial charge < -0.3 is 14.2 Å². The average Bonchev–Trinajstić information content (AvgIpc) is 2.85. The third-order valence-corrected chi connectivity index (χ3v) is 5.03. The topological polar surface area (TPSA) is 85.9 Å². The van der Waals surface area contributed by atoms with Gasteiger partial charge in [0.05, 0.1) is 11.6 Å². The SMILES string of the molecule is O=C(CCCOc1ccc(Cl)cc1Cl)NNC(=O)c1ccc(OCCOc2ccccc2)cc1. The second kappa shape index (κ2) is 13.3. The lowest BCUT2D eigenvalue weighted by Crippen LogP contribution is -2.41. The van der Waals surface area contributed by atoms with Crippen LogP contribution in [0.3, 0.4) is 0 Å². The zero-order valence-electron chi connectivity index (χ0n) is 18.3. The van der Waals surface area contributed by atoms with E-state index in [1.807, 2.05) is 30.3 Å². The van der Waals surface area contributed by atoms with E-state index in [4.69, 9.17) is 37.4 Å². The van der Waals surface area contributed by atoms with Crippen LogP contribution in [0.2, 0.25) is 10.0 Å². The third-order valence-electron chi connectivity index (χ3n) is 4.50. The van der Waals surface area contributed by atoms with Crippen molar-refractivity contribution in [3.63, 3.8) is 0 Å². The van der Waals surface area contributed by atoms with Gasteiger partial charge >= 0.3 is 0 Å². The summed E-state index contributed by atoms with van der Waals surface area (Å²) in [7, 11) is 0. The highest BCUT2D eigenvalue weighted by molar-refractivity contribution is 6.35. The van der Waals surface area contributed by atoms with Crippen molar-refractivity contribution in [1.82, 2.24) is 10.9 Å². The first-order valence-corrected chi connectivity index (χ1v) is 11.3. The molecule has 34 heavy (non-hydrogen) atoms. The van der Waals surface area contributed by atoms with Gasteiger partial charge in [-0.1, -0.05) is 41.4 Å². The highest BCUT2D eigenvalue weighted by Crippen LogP contribution is 2.27. The van der Waals surface area contributed by atoms with E-state index in [-0.39, 0.29) is 12.3 Å². The summed E-state index contributed by atoms with van der Waals surface area (Å²) < 4.78 is 16.7. The van der Waals surface area contributed by atoms with Crippen LogP contribution in [0.25, 0.3) is 0 Å². The molecule has 0 saturated carbocycles. The number of hydrogen-bond acceptors (Lipinski definition) is 5. The molecule has 0 spiro atoms. The van der Waals surface area contributed by atoms with Gasteiger partial charge in [-0.05, 0) is 61.0 Å². The van der Waals surface area contributed by atoms with E-state index in [1.54, 1.807) is 42.5 Å². The van der Waals surface area contributed by atoms with Gasteiger partial charge in [0.25, 0.3) is 5.91 Å². The zero-order valence-corrected chi connectivity index (χ0v) is 19.8. The van der Waals surface area contributed by atoms with Crippen molar-refractivity contribution in [1.29, 1.82) is 0 Å². The second-order valence-electron chi connectivity index (χ2n) is 7.06.